The van der Waals surface area contributed by atoms with E-state index >= 15 is 0 Å². The van der Waals surface area contributed by atoms with Gasteiger partial charge in [0.2, 0.25) is 5.91 Å². The van der Waals surface area contributed by atoms with E-state index in [-0.39, 0.29) is 11.7 Å². The molecule has 0 atom stereocenters. The molecular weight excluding hydrogens is 335 g/mol. The molecule has 2 aliphatic rings. The molecule has 1 fully saturated rings. The largest absolute Gasteiger partial charge is 0.486 e. The summed E-state index contributed by atoms with van der Waals surface area (Å²) in [5.41, 5.74) is 1.74. The van der Waals surface area contributed by atoms with Gasteiger partial charge in [-0.25, -0.2) is 4.39 Å². The Morgan fingerprint density at radius 2 is 1.88 bits per heavy atom. The van der Waals surface area contributed by atoms with E-state index < -0.39 is 5.41 Å². The van der Waals surface area contributed by atoms with Crippen LogP contribution < -0.4 is 14.8 Å². The van der Waals surface area contributed by atoms with Gasteiger partial charge in [0.15, 0.2) is 11.5 Å². The molecule has 2 N–H and O–H groups in total. The van der Waals surface area contributed by atoms with Crippen LogP contribution in [0.25, 0.3) is 10.9 Å². The minimum Gasteiger partial charge on any atom is -0.486 e. The van der Waals surface area contributed by atoms with Gasteiger partial charge in [-0.15, -0.1) is 0 Å². The maximum absolute atomic E-state index is 13.4. The van der Waals surface area contributed by atoms with Gasteiger partial charge in [-0.05, 0) is 48.7 Å². The SMILES string of the molecule is O=C(Nc1ccc2c(c1)OCCO2)C1(c2c[nH]c3cc(F)ccc23)CC1. The molecule has 2 heterocycles. The number of halogens is 1. The van der Waals surface area contributed by atoms with Gasteiger partial charge in [-0.3, -0.25) is 4.79 Å². The van der Waals surface area contributed by atoms with Crippen molar-refractivity contribution < 1.29 is 18.7 Å². The fourth-order valence-electron chi connectivity index (χ4n) is 3.61. The van der Waals surface area contributed by atoms with E-state index in [0.29, 0.717) is 35.9 Å². The number of carbonyl (C=O) groups excluding carboxylic acids is 1. The molecule has 5 nitrogen and oxygen atoms in total. The zero-order chi connectivity index (χ0) is 17.7. The third-order valence-corrected chi connectivity index (χ3v) is 5.14. The van der Waals surface area contributed by atoms with E-state index in [9.17, 15) is 9.18 Å². The Bertz CT molecular complexity index is 1020. The first-order valence-electron chi connectivity index (χ1n) is 8.64. The van der Waals surface area contributed by atoms with Crippen molar-refractivity contribution in [1.29, 1.82) is 0 Å². The summed E-state index contributed by atoms with van der Waals surface area (Å²) in [5.74, 6) is 0.978. The number of rotatable bonds is 3. The minimum atomic E-state index is -0.566. The van der Waals surface area contributed by atoms with Crippen LogP contribution in [-0.2, 0) is 10.2 Å². The van der Waals surface area contributed by atoms with Crippen LogP contribution >= 0.6 is 0 Å². The highest BCUT2D eigenvalue weighted by Gasteiger charge is 2.52. The standard InChI is InChI=1S/C20H17FN2O3/c21-12-1-3-14-15(11-22-16(14)9-12)20(5-6-20)19(24)23-13-2-4-17-18(10-13)26-8-7-25-17/h1-4,9-11,22H,5-8H2,(H,23,24). The molecule has 0 bridgehead atoms. The first-order valence-corrected chi connectivity index (χ1v) is 8.64. The predicted molar refractivity (Wildman–Crippen MR) is 95.2 cm³/mol. The first-order chi connectivity index (χ1) is 12.7. The summed E-state index contributed by atoms with van der Waals surface area (Å²) in [6.07, 6.45) is 3.36. The Kier molecular flexibility index (Phi) is 3.22. The lowest BCUT2D eigenvalue weighted by Crippen LogP contribution is -2.27. The average molecular weight is 352 g/mol. The lowest BCUT2D eigenvalue weighted by Gasteiger charge is -2.20. The number of fused-ring (bicyclic) bond motifs is 2. The van der Waals surface area contributed by atoms with Crippen molar-refractivity contribution >= 4 is 22.5 Å². The van der Waals surface area contributed by atoms with Crippen LogP contribution in [-0.4, -0.2) is 24.1 Å². The van der Waals surface area contributed by atoms with Crippen molar-refractivity contribution in [3.8, 4) is 11.5 Å². The number of hydrogen-bond acceptors (Lipinski definition) is 3. The van der Waals surface area contributed by atoms with Crippen molar-refractivity contribution in [3.05, 3.63) is 54.0 Å². The average Bonchev–Trinajstić information content (AvgIpc) is 3.36. The Balaban J connectivity index is 1.44. The topological polar surface area (TPSA) is 63.4 Å². The summed E-state index contributed by atoms with van der Waals surface area (Å²) in [5, 5.41) is 3.89. The zero-order valence-electron chi connectivity index (χ0n) is 14.0. The normalized spacial score (nSPS) is 17.1. The quantitative estimate of drug-likeness (QED) is 0.755. The van der Waals surface area contributed by atoms with Crippen molar-refractivity contribution in [2.75, 3.05) is 18.5 Å². The van der Waals surface area contributed by atoms with Crippen molar-refractivity contribution in [2.45, 2.75) is 18.3 Å². The van der Waals surface area contributed by atoms with E-state index in [1.165, 1.54) is 12.1 Å². The number of benzene rings is 2. The van der Waals surface area contributed by atoms with Crippen LogP contribution in [0.5, 0.6) is 11.5 Å². The van der Waals surface area contributed by atoms with Gasteiger partial charge < -0.3 is 19.8 Å². The summed E-state index contributed by atoms with van der Waals surface area (Å²) in [6, 6.07) is 10.0. The summed E-state index contributed by atoms with van der Waals surface area (Å²) in [4.78, 5) is 16.1. The number of hydrogen-bond donors (Lipinski definition) is 2. The molecule has 0 spiro atoms. The third kappa shape index (κ3) is 2.33. The van der Waals surface area contributed by atoms with Gasteiger partial charge in [0.25, 0.3) is 0 Å². The van der Waals surface area contributed by atoms with Gasteiger partial charge >= 0.3 is 0 Å². The highest BCUT2D eigenvalue weighted by Crippen LogP contribution is 2.51. The van der Waals surface area contributed by atoms with Crippen LogP contribution in [0.1, 0.15) is 18.4 Å². The molecule has 1 aliphatic heterocycles. The number of anilines is 1. The fourth-order valence-corrected chi connectivity index (χ4v) is 3.61. The van der Waals surface area contributed by atoms with Crippen molar-refractivity contribution in [2.24, 2.45) is 0 Å². The zero-order valence-corrected chi connectivity index (χ0v) is 14.0. The second-order valence-electron chi connectivity index (χ2n) is 6.79. The number of ether oxygens (including phenoxy) is 2. The molecule has 2 aromatic carbocycles. The Morgan fingerprint density at radius 1 is 1.08 bits per heavy atom. The molecule has 1 saturated carbocycles. The van der Waals surface area contributed by atoms with Crippen LogP contribution in [0.15, 0.2) is 42.6 Å². The van der Waals surface area contributed by atoms with E-state index in [4.69, 9.17) is 9.47 Å². The van der Waals surface area contributed by atoms with E-state index in [2.05, 4.69) is 10.3 Å². The molecule has 5 rings (SSSR count). The maximum Gasteiger partial charge on any atom is 0.235 e. The van der Waals surface area contributed by atoms with Crippen LogP contribution in [0.2, 0.25) is 0 Å². The van der Waals surface area contributed by atoms with Gasteiger partial charge in [0, 0.05) is 28.9 Å². The van der Waals surface area contributed by atoms with Crippen LogP contribution in [0.3, 0.4) is 0 Å². The van der Waals surface area contributed by atoms with E-state index in [0.717, 1.165) is 23.8 Å². The summed E-state index contributed by atoms with van der Waals surface area (Å²) in [6.45, 7) is 1.03. The summed E-state index contributed by atoms with van der Waals surface area (Å²) in [7, 11) is 0. The molecule has 0 radical (unpaired) electrons. The summed E-state index contributed by atoms with van der Waals surface area (Å²) < 4.78 is 24.5. The van der Waals surface area contributed by atoms with Crippen molar-refractivity contribution in [3.63, 3.8) is 0 Å². The van der Waals surface area contributed by atoms with E-state index in [1.807, 2.05) is 12.3 Å². The molecule has 1 amide bonds. The van der Waals surface area contributed by atoms with Gasteiger partial charge in [-0.2, -0.15) is 0 Å². The second-order valence-corrected chi connectivity index (χ2v) is 6.79. The van der Waals surface area contributed by atoms with Gasteiger partial charge in [0.05, 0.1) is 5.41 Å². The molecule has 3 aromatic rings. The Morgan fingerprint density at radius 3 is 2.69 bits per heavy atom. The Hall–Kier alpha value is -3.02. The molecular formula is C20H17FN2O3. The minimum absolute atomic E-state index is 0.0561. The molecule has 1 aromatic heterocycles. The first kappa shape index (κ1) is 15.3. The van der Waals surface area contributed by atoms with Gasteiger partial charge in [-0.1, -0.05) is 0 Å². The molecule has 0 saturated heterocycles. The lowest BCUT2D eigenvalue weighted by molar-refractivity contribution is -0.118. The van der Waals surface area contributed by atoms with E-state index in [1.54, 1.807) is 18.2 Å². The molecule has 6 heteroatoms. The number of amides is 1. The lowest BCUT2D eigenvalue weighted by atomic mass is 9.94. The molecule has 0 unspecified atom stereocenters. The molecule has 26 heavy (non-hydrogen) atoms. The number of carbonyl (C=O) groups is 1. The van der Waals surface area contributed by atoms with Crippen molar-refractivity contribution in [1.82, 2.24) is 4.98 Å². The predicted octanol–water partition coefficient (Wildman–Crippen LogP) is 3.75. The van der Waals surface area contributed by atoms with Gasteiger partial charge in [0.1, 0.15) is 19.0 Å². The van der Waals surface area contributed by atoms with Crippen LogP contribution in [0, 0.1) is 5.82 Å². The summed E-state index contributed by atoms with van der Waals surface area (Å²) >= 11 is 0. The maximum atomic E-state index is 13.4. The smallest absolute Gasteiger partial charge is 0.235 e. The fraction of sp³-hybridized carbons (Fsp3) is 0.250. The number of H-pyrrole nitrogens is 1. The number of nitrogens with one attached hydrogen (secondary N) is 2. The Labute approximate surface area is 149 Å². The monoisotopic (exact) mass is 352 g/mol. The molecule has 1 aliphatic carbocycles. The van der Waals surface area contributed by atoms with Crippen LogP contribution in [0.4, 0.5) is 10.1 Å². The second kappa shape index (κ2) is 5.49. The highest BCUT2D eigenvalue weighted by molar-refractivity contribution is 6.04. The number of aromatic amines is 1. The third-order valence-electron chi connectivity index (χ3n) is 5.14. The highest BCUT2D eigenvalue weighted by atomic mass is 19.1. The molecule has 132 valence electrons. The number of aromatic nitrogens is 1.